The average molecular weight is 342 g/mol. The van der Waals surface area contributed by atoms with Gasteiger partial charge in [0.15, 0.2) is 0 Å². The van der Waals surface area contributed by atoms with E-state index < -0.39 is 0 Å². The fraction of sp³-hybridized carbons (Fsp3) is 0.389. The molecule has 6 heteroatoms. The first-order chi connectivity index (χ1) is 11.5. The van der Waals surface area contributed by atoms with Crippen molar-refractivity contribution in [2.75, 3.05) is 18.4 Å². The molecule has 1 aromatic carbocycles. The minimum atomic E-state index is -0.0867. The summed E-state index contributed by atoms with van der Waals surface area (Å²) in [6, 6.07) is 6.45. The van der Waals surface area contributed by atoms with Crippen LogP contribution in [0.1, 0.15) is 35.4 Å². The fourth-order valence-corrected chi connectivity index (χ4v) is 3.32. The molecule has 3 rings (SSSR count). The van der Waals surface area contributed by atoms with Gasteiger partial charge in [-0.1, -0.05) is 29.8 Å². The van der Waals surface area contributed by atoms with Crippen molar-refractivity contribution in [3.8, 4) is 0 Å². The number of nitrogens with zero attached hydrogens (tertiary/aromatic N) is 3. The lowest BCUT2D eigenvalue weighted by molar-refractivity contribution is 0.208. The largest absolute Gasteiger partial charge is 0.324 e. The van der Waals surface area contributed by atoms with E-state index in [4.69, 9.17) is 0 Å². The van der Waals surface area contributed by atoms with E-state index in [0.29, 0.717) is 11.0 Å². The molecule has 24 heavy (non-hydrogen) atoms. The van der Waals surface area contributed by atoms with Crippen LogP contribution in [0.3, 0.4) is 0 Å². The van der Waals surface area contributed by atoms with Gasteiger partial charge in [0.1, 0.15) is 5.82 Å². The van der Waals surface area contributed by atoms with Crippen molar-refractivity contribution in [2.24, 2.45) is 0 Å². The zero-order chi connectivity index (χ0) is 17.1. The lowest BCUT2D eigenvalue weighted by Gasteiger charge is -2.28. The fourth-order valence-electron chi connectivity index (χ4n) is 2.75. The molecular formula is C18H22N4OS. The molecule has 1 aliphatic heterocycles. The monoisotopic (exact) mass is 342 g/mol. The molecule has 2 amide bonds. The third kappa shape index (κ3) is 4.00. The highest BCUT2D eigenvalue weighted by Crippen LogP contribution is 2.21. The second-order valence-corrected chi connectivity index (χ2v) is 6.96. The van der Waals surface area contributed by atoms with Gasteiger partial charge >= 0.3 is 6.03 Å². The summed E-state index contributed by atoms with van der Waals surface area (Å²) < 4.78 is 4.08. The van der Waals surface area contributed by atoms with E-state index in [1.54, 1.807) is 0 Å². The zero-order valence-electron chi connectivity index (χ0n) is 14.3. The molecule has 1 fully saturated rings. The van der Waals surface area contributed by atoms with Crippen LogP contribution in [0.15, 0.2) is 23.8 Å². The van der Waals surface area contributed by atoms with Gasteiger partial charge in [-0.15, -0.1) is 0 Å². The summed E-state index contributed by atoms with van der Waals surface area (Å²) >= 11 is 1.22. The van der Waals surface area contributed by atoms with Crippen molar-refractivity contribution in [3.05, 3.63) is 46.3 Å². The Morgan fingerprint density at radius 1 is 1.21 bits per heavy atom. The topological polar surface area (TPSA) is 58.1 Å². The Kier molecular flexibility index (Phi) is 4.94. The first-order valence-electron chi connectivity index (χ1n) is 8.14. The maximum absolute atomic E-state index is 12.3. The van der Waals surface area contributed by atoms with Gasteiger partial charge in [0.05, 0.1) is 0 Å². The van der Waals surface area contributed by atoms with Gasteiger partial charge in [-0.05, 0) is 50.3 Å². The van der Waals surface area contributed by atoms with Crippen LogP contribution < -0.4 is 5.32 Å². The van der Waals surface area contributed by atoms with E-state index in [1.807, 2.05) is 11.8 Å². The zero-order valence-corrected chi connectivity index (χ0v) is 15.1. The second kappa shape index (κ2) is 7.13. The number of nitrogens with one attached hydrogen (secondary N) is 1. The number of piperidine rings is 1. The molecule has 0 radical (unpaired) electrons. The predicted molar refractivity (Wildman–Crippen MR) is 98.4 cm³/mol. The Balaban J connectivity index is 1.57. The standard InChI is InChI=1S/C18H22N4OS/c1-12-4-5-16(10-13(12)2)11-15-6-8-22(9-7-15)18(23)20-17-19-14(3)21-24-17/h4-5,10-11H,6-9H2,1-3H3,(H,19,20,21,23). The van der Waals surface area contributed by atoms with Gasteiger partial charge in [-0.25, -0.2) is 9.78 Å². The number of rotatable bonds is 2. The van der Waals surface area contributed by atoms with Crippen LogP contribution in [0.2, 0.25) is 0 Å². The highest BCUT2D eigenvalue weighted by atomic mass is 32.1. The molecule has 1 aromatic heterocycles. The summed E-state index contributed by atoms with van der Waals surface area (Å²) in [6.07, 6.45) is 4.08. The molecule has 126 valence electrons. The van der Waals surface area contributed by atoms with Crippen molar-refractivity contribution in [2.45, 2.75) is 33.6 Å². The van der Waals surface area contributed by atoms with Crippen LogP contribution in [0.25, 0.3) is 6.08 Å². The third-order valence-corrected chi connectivity index (χ3v) is 5.06. The number of hydrogen-bond acceptors (Lipinski definition) is 4. The van der Waals surface area contributed by atoms with Crippen LogP contribution in [0.5, 0.6) is 0 Å². The first kappa shape index (κ1) is 16.6. The Labute approximate surface area is 146 Å². The minimum Gasteiger partial charge on any atom is -0.324 e. The summed E-state index contributed by atoms with van der Waals surface area (Å²) in [5.41, 5.74) is 5.27. The lowest BCUT2D eigenvalue weighted by atomic mass is 9.99. The van der Waals surface area contributed by atoms with Crippen LogP contribution >= 0.6 is 11.5 Å². The molecule has 0 unspecified atom stereocenters. The van der Waals surface area contributed by atoms with Gasteiger partial charge in [0.25, 0.3) is 0 Å². The molecule has 1 saturated heterocycles. The predicted octanol–water partition coefficient (Wildman–Crippen LogP) is 4.17. The van der Waals surface area contributed by atoms with Gasteiger partial charge < -0.3 is 4.90 Å². The molecule has 1 N–H and O–H groups in total. The second-order valence-electron chi connectivity index (χ2n) is 6.21. The number of amides is 2. The highest BCUT2D eigenvalue weighted by molar-refractivity contribution is 7.09. The molecule has 0 saturated carbocycles. The van der Waals surface area contributed by atoms with Gasteiger partial charge in [0.2, 0.25) is 5.13 Å². The number of likely N-dealkylation sites (tertiary alicyclic amines) is 1. The van der Waals surface area contributed by atoms with Crippen molar-refractivity contribution in [3.63, 3.8) is 0 Å². The van der Waals surface area contributed by atoms with E-state index in [0.717, 1.165) is 25.9 Å². The van der Waals surface area contributed by atoms with Crippen LogP contribution in [-0.2, 0) is 0 Å². The minimum absolute atomic E-state index is 0.0867. The van der Waals surface area contributed by atoms with Crippen LogP contribution in [0, 0.1) is 20.8 Å². The maximum atomic E-state index is 12.3. The third-order valence-electron chi connectivity index (χ3n) is 4.34. The molecule has 0 spiro atoms. The van der Waals surface area contributed by atoms with Crippen molar-refractivity contribution < 1.29 is 4.79 Å². The van der Waals surface area contributed by atoms with E-state index in [-0.39, 0.29) is 6.03 Å². The summed E-state index contributed by atoms with van der Waals surface area (Å²) in [7, 11) is 0. The number of aromatic nitrogens is 2. The number of carbonyl (C=O) groups is 1. The van der Waals surface area contributed by atoms with Gasteiger partial charge in [0, 0.05) is 24.6 Å². The van der Waals surface area contributed by atoms with Crippen molar-refractivity contribution >= 4 is 28.8 Å². The Bertz CT molecular complexity index is 771. The van der Waals surface area contributed by atoms with Crippen molar-refractivity contribution in [1.82, 2.24) is 14.3 Å². The number of hydrogen-bond donors (Lipinski definition) is 1. The summed E-state index contributed by atoms with van der Waals surface area (Å²) in [6.45, 7) is 7.56. The summed E-state index contributed by atoms with van der Waals surface area (Å²) in [4.78, 5) is 18.3. The number of urea groups is 1. The maximum Gasteiger partial charge on any atom is 0.323 e. The number of anilines is 1. The molecule has 2 aromatic rings. The number of carbonyl (C=O) groups excluding carboxylic acids is 1. The van der Waals surface area contributed by atoms with E-state index in [2.05, 4.69) is 52.8 Å². The molecule has 0 aliphatic carbocycles. The number of aryl methyl sites for hydroxylation is 3. The van der Waals surface area contributed by atoms with Crippen molar-refractivity contribution in [1.29, 1.82) is 0 Å². The van der Waals surface area contributed by atoms with Crippen LogP contribution in [-0.4, -0.2) is 33.4 Å². The Morgan fingerprint density at radius 3 is 2.58 bits per heavy atom. The SMILES string of the molecule is Cc1nsc(NC(=O)N2CCC(=Cc3ccc(C)c(C)c3)CC2)n1. The molecular weight excluding hydrogens is 320 g/mol. The average Bonchev–Trinajstić information content (AvgIpc) is 2.96. The van der Waals surface area contributed by atoms with Gasteiger partial charge in [-0.2, -0.15) is 4.37 Å². The first-order valence-corrected chi connectivity index (χ1v) is 8.91. The van der Waals surface area contributed by atoms with Gasteiger partial charge in [-0.3, -0.25) is 5.32 Å². The molecule has 1 aliphatic rings. The van der Waals surface area contributed by atoms with Crippen LogP contribution in [0.4, 0.5) is 9.93 Å². The lowest BCUT2D eigenvalue weighted by Crippen LogP contribution is -2.39. The van der Waals surface area contributed by atoms with E-state index >= 15 is 0 Å². The Morgan fingerprint density at radius 2 is 1.96 bits per heavy atom. The molecule has 2 heterocycles. The normalized spacial score (nSPS) is 14.6. The number of benzene rings is 1. The van der Waals surface area contributed by atoms with E-state index in [9.17, 15) is 4.79 Å². The summed E-state index contributed by atoms with van der Waals surface area (Å²) in [5.74, 6) is 0.688. The molecule has 0 atom stereocenters. The van der Waals surface area contributed by atoms with E-state index in [1.165, 1.54) is 33.8 Å². The Hall–Kier alpha value is -2.21. The molecule has 5 nitrogen and oxygen atoms in total. The smallest absolute Gasteiger partial charge is 0.323 e. The highest BCUT2D eigenvalue weighted by Gasteiger charge is 2.20. The summed E-state index contributed by atoms with van der Waals surface area (Å²) in [5, 5.41) is 3.39. The molecule has 0 bridgehead atoms. The quantitative estimate of drug-likeness (QED) is 0.891.